The molecule has 0 aromatic heterocycles. The monoisotopic (exact) mass is 169 g/mol. The second kappa shape index (κ2) is 6.21. The molecule has 1 aliphatic carbocycles. The molecule has 1 N–H and O–H groups in total. The Morgan fingerprint density at radius 2 is 2.25 bits per heavy atom. The van der Waals surface area contributed by atoms with Crippen molar-refractivity contribution in [3.05, 3.63) is 12.7 Å². The molecular formula is C10H19NO. The molecule has 0 aliphatic heterocycles. The molecule has 1 rings (SSSR count). The smallest absolute Gasteiger partial charge is 0.0591 e. The van der Waals surface area contributed by atoms with E-state index in [4.69, 9.17) is 4.74 Å². The molecule has 1 aliphatic rings. The first kappa shape index (κ1) is 9.75. The van der Waals surface area contributed by atoms with Crippen LogP contribution in [0.2, 0.25) is 0 Å². The summed E-state index contributed by atoms with van der Waals surface area (Å²) in [5.74, 6) is 0. The van der Waals surface area contributed by atoms with Gasteiger partial charge in [0.25, 0.3) is 0 Å². The fourth-order valence-corrected chi connectivity index (χ4v) is 1.22. The summed E-state index contributed by atoms with van der Waals surface area (Å²) in [6.45, 7) is 6.29. The van der Waals surface area contributed by atoms with Crippen molar-refractivity contribution < 1.29 is 4.74 Å². The van der Waals surface area contributed by atoms with Crippen LogP contribution in [0.25, 0.3) is 0 Å². The van der Waals surface area contributed by atoms with Gasteiger partial charge in [-0.25, -0.2) is 0 Å². The average molecular weight is 169 g/mol. The number of rotatable bonds is 7. The van der Waals surface area contributed by atoms with Crippen molar-refractivity contribution in [2.24, 2.45) is 0 Å². The Morgan fingerprint density at radius 1 is 1.42 bits per heavy atom. The van der Waals surface area contributed by atoms with Crippen molar-refractivity contribution in [3.8, 4) is 0 Å². The lowest BCUT2D eigenvalue weighted by Gasteiger charge is -2.26. The van der Waals surface area contributed by atoms with Gasteiger partial charge in [-0.05, 0) is 19.3 Å². The van der Waals surface area contributed by atoms with E-state index in [9.17, 15) is 0 Å². The third-order valence-corrected chi connectivity index (χ3v) is 2.25. The van der Waals surface area contributed by atoms with E-state index < -0.39 is 0 Å². The van der Waals surface area contributed by atoms with Crippen molar-refractivity contribution in [3.63, 3.8) is 0 Å². The molecule has 0 aromatic carbocycles. The molecule has 0 aromatic rings. The fraction of sp³-hybridized carbons (Fsp3) is 0.800. The summed E-state index contributed by atoms with van der Waals surface area (Å²) in [7, 11) is 0. The normalized spacial score (nSPS) is 17.3. The van der Waals surface area contributed by atoms with E-state index in [1.807, 2.05) is 6.08 Å². The summed E-state index contributed by atoms with van der Waals surface area (Å²) in [6, 6.07) is 0.785. The largest absolute Gasteiger partial charge is 0.380 e. The minimum atomic E-state index is 0.785. The van der Waals surface area contributed by atoms with Crippen LogP contribution in [-0.2, 0) is 4.74 Å². The first-order valence-electron chi connectivity index (χ1n) is 4.85. The Kier molecular flexibility index (Phi) is 5.04. The Labute approximate surface area is 75.0 Å². The Hall–Kier alpha value is -0.340. The number of nitrogens with one attached hydrogen (secondary N) is 1. The van der Waals surface area contributed by atoms with E-state index in [1.54, 1.807) is 0 Å². The van der Waals surface area contributed by atoms with Crippen molar-refractivity contribution in [1.82, 2.24) is 5.32 Å². The Balaban J connectivity index is 1.73. The van der Waals surface area contributed by atoms with Crippen LogP contribution in [0.4, 0.5) is 0 Å². The van der Waals surface area contributed by atoms with Gasteiger partial charge in [-0.2, -0.15) is 0 Å². The number of ether oxygens (including phenoxy) is 1. The maximum Gasteiger partial charge on any atom is 0.0591 e. The lowest BCUT2D eigenvalue weighted by atomic mass is 9.93. The molecule has 0 saturated heterocycles. The van der Waals surface area contributed by atoms with E-state index in [-0.39, 0.29) is 0 Å². The Bertz CT molecular complexity index is 121. The molecule has 0 unspecified atom stereocenters. The number of hydrogen-bond donors (Lipinski definition) is 1. The standard InChI is InChI=1S/C10H19NO/c1-2-3-8-12-9-7-11-10-5-4-6-10/h2,10-11H,1,3-9H2. The fourth-order valence-electron chi connectivity index (χ4n) is 1.22. The van der Waals surface area contributed by atoms with Gasteiger partial charge in [-0.15, -0.1) is 6.58 Å². The molecular weight excluding hydrogens is 150 g/mol. The highest BCUT2D eigenvalue weighted by molar-refractivity contribution is 4.75. The predicted molar refractivity (Wildman–Crippen MR) is 51.3 cm³/mol. The van der Waals surface area contributed by atoms with Gasteiger partial charge in [0, 0.05) is 12.6 Å². The summed E-state index contributed by atoms with van der Waals surface area (Å²) in [5, 5.41) is 3.45. The van der Waals surface area contributed by atoms with Gasteiger partial charge in [0.15, 0.2) is 0 Å². The van der Waals surface area contributed by atoms with Crippen LogP contribution in [0.5, 0.6) is 0 Å². The van der Waals surface area contributed by atoms with Gasteiger partial charge >= 0.3 is 0 Å². The van der Waals surface area contributed by atoms with Gasteiger partial charge in [0.2, 0.25) is 0 Å². The molecule has 0 atom stereocenters. The molecule has 0 bridgehead atoms. The van der Waals surface area contributed by atoms with Gasteiger partial charge < -0.3 is 10.1 Å². The van der Waals surface area contributed by atoms with E-state index in [0.717, 1.165) is 32.2 Å². The van der Waals surface area contributed by atoms with Crippen LogP contribution >= 0.6 is 0 Å². The van der Waals surface area contributed by atoms with Crippen molar-refractivity contribution in [2.45, 2.75) is 31.7 Å². The average Bonchev–Trinajstić information content (AvgIpc) is 2.00. The van der Waals surface area contributed by atoms with Gasteiger partial charge in [0.05, 0.1) is 13.2 Å². The minimum absolute atomic E-state index is 0.785. The Morgan fingerprint density at radius 3 is 2.83 bits per heavy atom. The van der Waals surface area contributed by atoms with Crippen LogP contribution in [0.1, 0.15) is 25.7 Å². The minimum Gasteiger partial charge on any atom is -0.380 e. The summed E-state index contributed by atoms with van der Waals surface area (Å²) in [5.41, 5.74) is 0. The van der Waals surface area contributed by atoms with E-state index in [2.05, 4.69) is 11.9 Å². The van der Waals surface area contributed by atoms with Crippen LogP contribution in [0.15, 0.2) is 12.7 Å². The maximum absolute atomic E-state index is 5.36. The van der Waals surface area contributed by atoms with E-state index in [0.29, 0.717) is 0 Å². The molecule has 1 saturated carbocycles. The third-order valence-electron chi connectivity index (χ3n) is 2.25. The summed E-state index contributed by atoms with van der Waals surface area (Å²) < 4.78 is 5.36. The number of hydrogen-bond acceptors (Lipinski definition) is 2. The highest BCUT2D eigenvalue weighted by Gasteiger charge is 2.15. The van der Waals surface area contributed by atoms with Crippen molar-refractivity contribution in [1.29, 1.82) is 0 Å². The third kappa shape index (κ3) is 3.88. The van der Waals surface area contributed by atoms with Gasteiger partial charge in [-0.1, -0.05) is 12.5 Å². The zero-order valence-electron chi connectivity index (χ0n) is 7.72. The van der Waals surface area contributed by atoms with Gasteiger partial charge in [0.1, 0.15) is 0 Å². The van der Waals surface area contributed by atoms with Crippen LogP contribution in [-0.4, -0.2) is 25.8 Å². The molecule has 0 amide bonds. The summed E-state index contributed by atoms with van der Waals surface area (Å²) in [4.78, 5) is 0. The first-order chi connectivity index (χ1) is 5.93. The van der Waals surface area contributed by atoms with E-state index >= 15 is 0 Å². The van der Waals surface area contributed by atoms with Crippen LogP contribution < -0.4 is 5.32 Å². The second-order valence-corrected chi connectivity index (χ2v) is 3.27. The predicted octanol–water partition coefficient (Wildman–Crippen LogP) is 1.72. The van der Waals surface area contributed by atoms with Crippen molar-refractivity contribution in [2.75, 3.05) is 19.8 Å². The molecule has 2 heteroatoms. The zero-order chi connectivity index (χ0) is 8.65. The molecule has 12 heavy (non-hydrogen) atoms. The second-order valence-electron chi connectivity index (χ2n) is 3.27. The van der Waals surface area contributed by atoms with Crippen molar-refractivity contribution >= 4 is 0 Å². The van der Waals surface area contributed by atoms with Crippen LogP contribution in [0, 0.1) is 0 Å². The quantitative estimate of drug-likeness (QED) is 0.463. The molecule has 1 fully saturated rings. The molecule has 2 nitrogen and oxygen atoms in total. The summed E-state index contributed by atoms with van der Waals surface area (Å²) in [6.07, 6.45) is 6.96. The first-order valence-corrected chi connectivity index (χ1v) is 4.85. The van der Waals surface area contributed by atoms with E-state index in [1.165, 1.54) is 19.3 Å². The SMILES string of the molecule is C=CCCOCCNC1CCC1. The van der Waals surface area contributed by atoms with Gasteiger partial charge in [-0.3, -0.25) is 0 Å². The maximum atomic E-state index is 5.36. The summed E-state index contributed by atoms with van der Waals surface area (Å²) >= 11 is 0. The lowest BCUT2D eigenvalue weighted by Crippen LogP contribution is -2.37. The highest BCUT2D eigenvalue weighted by atomic mass is 16.5. The zero-order valence-corrected chi connectivity index (χ0v) is 7.72. The van der Waals surface area contributed by atoms with Crippen LogP contribution in [0.3, 0.4) is 0 Å². The molecule has 0 spiro atoms. The molecule has 0 heterocycles. The topological polar surface area (TPSA) is 21.3 Å². The highest BCUT2D eigenvalue weighted by Crippen LogP contribution is 2.17. The molecule has 70 valence electrons. The molecule has 0 radical (unpaired) electrons. The lowest BCUT2D eigenvalue weighted by molar-refractivity contribution is 0.134.